The standard InChI is InChI=1S/C21H20FN3O3/c22-16-7-3-13(4-8-16)14-5-9-17(10-6-14)23-18(26)12-15-2-1-11-21(15)19(27)24-20(28)25-21/h3-10,15H,1-2,11-12H2,(H,23,26)(H2,24,25,27,28). The summed E-state index contributed by atoms with van der Waals surface area (Å²) in [5.74, 6) is -1.05. The molecule has 2 unspecified atom stereocenters. The Balaban J connectivity index is 1.40. The smallest absolute Gasteiger partial charge is 0.322 e. The van der Waals surface area contributed by atoms with E-state index in [1.165, 1.54) is 12.1 Å². The van der Waals surface area contributed by atoms with Crippen molar-refractivity contribution in [2.45, 2.75) is 31.2 Å². The highest BCUT2D eigenvalue weighted by Crippen LogP contribution is 2.40. The normalized spacial score (nSPS) is 23.5. The van der Waals surface area contributed by atoms with Crippen molar-refractivity contribution in [3.05, 3.63) is 54.3 Å². The molecular weight excluding hydrogens is 361 g/mol. The van der Waals surface area contributed by atoms with E-state index in [0.717, 1.165) is 17.5 Å². The van der Waals surface area contributed by atoms with Crippen LogP contribution in [0.2, 0.25) is 0 Å². The summed E-state index contributed by atoms with van der Waals surface area (Å²) in [6, 6.07) is 13.0. The minimum Gasteiger partial charge on any atom is -0.326 e. The first-order valence-electron chi connectivity index (χ1n) is 9.26. The molecule has 1 saturated heterocycles. The molecule has 6 nitrogen and oxygen atoms in total. The van der Waals surface area contributed by atoms with Crippen molar-refractivity contribution >= 4 is 23.5 Å². The Hall–Kier alpha value is -3.22. The highest BCUT2D eigenvalue weighted by atomic mass is 19.1. The fourth-order valence-corrected chi connectivity index (χ4v) is 4.15. The Morgan fingerprint density at radius 1 is 1.07 bits per heavy atom. The van der Waals surface area contributed by atoms with E-state index in [-0.39, 0.29) is 30.0 Å². The molecule has 1 spiro atoms. The molecule has 0 radical (unpaired) electrons. The number of benzene rings is 2. The number of rotatable bonds is 4. The summed E-state index contributed by atoms with van der Waals surface area (Å²) in [7, 11) is 0. The zero-order valence-corrected chi connectivity index (χ0v) is 15.1. The number of urea groups is 1. The van der Waals surface area contributed by atoms with Crippen LogP contribution in [0.3, 0.4) is 0 Å². The van der Waals surface area contributed by atoms with Crippen LogP contribution in [0.25, 0.3) is 11.1 Å². The number of hydrogen-bond acceptors (Lipinski definition) is 3. The third kappa shape index (κ3) is 3.35. The molecular formula is C21H20FN3O3. The molecule has 1 aliphatic heterocycles. The van der Waals surface area contributed by atoms with E-state index in [2.05, 4.69) is 16.0 Å². The Labute approximate surface area is 161 Å². The molecule has 144 valence electrons. The van der Waals surface area contributed by atoms with Gasteiger partial charge in [-0.3, -0.25) is 14.9 Å². The van der Waals surface area contributed by atoms with E-state index in [1.54, 1.807) is 24.3 Å². The van der Waals surface area contributed by atoms with Crippen LogP contribution in [-0.4, -0.2) is 23.4 Å². The second-order valence-corrected chi connectivity index (χ2v) is 7.31. The van der Waals surface area contributed by atoms with E-state index in [0.29, 0.717) is 18.5 Å². The van der Waals surface area contributed by atoms with Crippen LogP contribution < -0.4 is 16.0 Å². The third-order valence-corrected chi connectivity index (χ3v) is 5.57. The van der Waals surface area contributed by atoms with Crippen LogP contribution in [0.4, 0.5) is 14.9 Å². The van der Waals surface area contributed by atoms with Gasteiger partial charge in [-0.1, -0.05) is 30.7 Å². The molecule has 0 bridgehead atoms. The number of hydrogen-bond donors (Lipinski definition) is 3. The van der Waals surface area contributed by atoms with Gasteiger partial charge in [-0.2, -0.15) is 0 Å². The van der Waals surface area contributed by atoms with Crippen LogP contribution in [0.5, 0.6) is 0 Å². The van der Waals surface area contributed by atoms with Crippen LogP contribution in [0.1, 0.15) is 25.7 Å². The zero-order chi connectivity index (χ0) is 19.7. The lowest BCUT2D eigenvalue weighted by molar-refractivity contribution is -0.126. The number of imide groups is 1. The molecule has 2 aromatic carbocycles. The van der Waals surface area contributed by atoms with Gasteiger partial charge in [0.25, 0.3) is 5.91 Å². The van der Waals surface area contributed by atoms with Crippen LogP contribution >= 0.6 is 0 Å². The second-order valence-electron chi connectivity index (χ2n) is 7.31. The first kappa shape index (κ1) is 18.2. The average molecular weight is 381 g/mol. The van der Waals surface area contributed by atoms with E-state index in [9.17, 15) is 18.8 Å². The van der Waals surface area contributed by atoms with E-state index >= 15 is 0 Å². The van der Waals surface area contributed by atoms with Gasteiger partial charge in [0.15, 0.2) is 0 Å². The molecule has 2 atom stereocenters. The highest BCUT2D eigenvalue weighted by Gasteiger charge is 2.54. The predicted molar refractivity (Wildman–Crippen MR) is 102 cm³/mol. The fourth-order valence-electron chi connectivity index (χ4n) is 4.15. The molecule has 2 aliphatic rings. The second kappa shape index (κ2) is 7.07. The van der Waals surface area contributed by atoms with Crippen molar-refractivity contribution in [1.29, 1.82) is 0 Å². The monoisotopic (exact) mass is 381 g/mol. The summed E-state index contributed by atoms with van der Waals surface area (Å²) in [4.78, 5) is 36.2. The summed E-state index contributed by atoms with van der Waals surface area (Å²) < 4.78 is 13.0. The lowest BCUT2D eigenvalue weighted by Gasteiger charge is -2.27. The Kier molecular flexibility index (Phi) is 4.58. The maximum atomic E-state index is 13.0. The number of carbonyl (C=O) groups is 3. The minimum atomic E-state index is -0.957. The highest BCUT2D eigenvalue weighted by molar-refractivity contribution is 6.07. The third-order valence-electron chi connectivity index (χ3n) is 5.57. The molecule has 2 aromatic rings. The minimum absolute atomic E-state index is 0.160. The first-order chi connectivity index (χ1) is 13.5. The summed E-state index contributed by atoms with van der Waals surface area (Å²) in [6.45, 7) is 0. The number of carbonyl (C=O) groups excluding carboxylic acids is 3. The first-order valence-corrected chi connectivity index (χ1v) is 9.26. The summed E-state index contributed by atoms with van der Waals surface area (Å²) in [6.07, 6.45) is 2.21. The van der Waals surface area contributed by atoms with Gasteiger partial charge >= 0.3 is 6.03 Å². The van der Waals surface area contributed by atoms with Crippen molar-refractivity contribution in [2.24, 2.45) is 5.92 Å². The van der Waals surface area contributed by atoms with Crippen molar-refractivity contribution in [1.82, 2.24) is 10.6 Å². The molecule has 28 heavy (non-hydrogen) atoms. The average Bonchev–Trinajstić information content (AvgIpc) is 3.19. The van der Waals surface area contributed by atoms with E-state index in [4.69, 9.17) is 0 Å². The van der Waals surface area contributed by atoms with Gasteiger partial charge in [0.1, 0.15) is 11.4 Å². The lowest BCUT2D eigenvalue weighted by Crippen LogP contribution is -2.50. The molecule has 1 aliphatic carbocycles. The zero-order valence-electron chi connectivity index (χ0n) is 15.1. The van der Waals surface area contributed by atoms with Crippen molar-refractivity contribution < 1.29 is 18.8 Å². The van der Waals surface area contributed by atoms with Crippen molar-refractivity contribution in [3.63, 3.8) is 0 Å². The molecule has 4 rings (SSSR count). The largest absolute Gasteiger partial charge is 0.326 e. The fraction of sp³-hybridized carbons (Fsp3) is 0.286. The van der Waals surface area contributed by atoms with Gasteiger partial charge in [-0.25, -0.2) is 9.18 Å². The lowest BCUT2D eigenvalue weighted by atomic mass is 9.84. The number of nitrogens with one attached hydrogen (secondary N) is 3. The van der Waals surface area contributed by atoms with Crippen molar-refractivity contribution in [2.75, 3.05) is 5.32 Å². The van der Waals surface area contributed by atoms with Gasteiger partial charge in [-0.05, 0) is 54.2 Å². The Morgan fingerprint density at radius 3 is 2.32 bits per heavy atom. The molecule has 1 saturated carbocycles. The molecule has 2 fully saturated rings. The van der Waals surface area contributed by atoms with Gasteiger partial charge in [-0.15, -0.1) is 0 Å². The number of amides is 4. The summed E-state index contributed by atoms with van der Waals surface area (Å²) in [5.41, 5.74) is 1.48. The maximum absolute atomic E-state index is 13.0. The molecule has 0 aromatic heterocycles. The SMILES string of the molecule is O=C(CC1CCCC12NC(=O)NC2=O)Nc1ccc(-c2ccc(F)cc2)cc1. The van der Waals surface area contributed by atoms with E-state index in [1.807, 2.05) is 12.1 Å². The van der Waals surface area contributed by atoms with Crippen LogP contribution in [0.15, 0.2) is 48.5 Å². The quantitative estimate of drug-likeness (QED) is 0.711. The van der Waals surface area contributed by atoms with Gasteiger partial charge < -0.3 is 10.6 Å². The molecule has 3 N–H and O–H groups in total. The maximum Gasteiger partial charge on any atom is 0.322 e. The Morgan fingerprint density at radius 2 is 1.71 bits per heavy atom. The Bertz CT molecular complexity index is 927. The summed E-state index contributed by atoms with van der Waals surface area (Å²) >= 11 is 0. The topological polar surface area (TPSA) is 87.3 Å². The summed E-state index contributed by atoms with van der Waals surface area (Å²) in [5, 5.41) is 7.85. The van der Waals surface area contributed by atoms with E-state index < -0.39 is 11.6 Å². The predicted octanol–water partition coefficient (Wildman–Crippen LogP) is 3.20. The van der Waals surface area contributed by atoms with Gasteiger partial charge in [0.05, 0.1) is 0 Å². The number of halogens is 1. The van der Waals surface area contributed by atoms with Gasteiger partial charge in [0.2, 0.25) is 5.91 Å². The molecule has 4 amide bonds. The molecule has 7 heteroatoms. The van der Waals surface area contributed by atoms with Crippen molar-refractivity contribution in [3.8, 4) is 11.1 Å². The molecule has 1 heterocycles. The van der Waals surface area contributed by atoms with Gasteiger partial charge in [0, 0.05) is 12.1 Å². The van der Waals surface area contributed by atoms with Crippen LogP contribution in [0, 0.1) is 11.7 Å². The van der Waals surface area contributed by atoms with Crippen LogP contribution in [-0.2, 0) is 9.59 Å². The number of anilines is 1.